The van der Waals surface area contributed by atoms with Crippen LogP contribution in [0.25, 0.3) is 0 Å². The first-order chi connectivity index (χ1) is 8.18. The summed E-state index contributed by atoms with van der Waals surface area (Å²) in [6, 6.07) is 0.883. The van der Waals surface area contributed by atoms with Gasteiger partial charge in [-0.25, -0.2) is 0 Å². The number of rotatable bonds is 2. The van der Waals surface area contributed by atoms with Gasteiger partial charge in [-0.15, -0.1) is 10.2 Å². The fraction of sp³-hybridized carbons (Fsp3) is 0.846. The summed E-state index contributed by atoms with van der Waals surface area (Å²) >= 11 is 0. The summed E-state index contributed by atoms with van der Waals surface area (Å²) in [7, 11) is 0. The smallest absolute Gasteiger partial charge is 0.150 e. The minimum atomic E-state index is 0.436. The van der Waals surface area contributed by atoms with Crippen LogP contribution in [-0.4, -0.2) is 21.3 Å². The standard InChI is InChI=1S/C13H22N4/c1-8(2)17-9(3)15-16-13(17)12-11-6-4-5-10(11)7-14-12/h8,10-12,14H,4-7H2,1-3H3. The second-order valence-electron chi connectivity index (χ2n) is 5.81. The molecule has 4 nitrogen and oxygen atoms in total. The van der Waals surface area contributed by atoms with Crippen molar-refractivity contribution in [3.8, 4) is 0 Å². The van der Waals surface area contributed by atoms with Gasteiger partial charge in [0.2, 0.25) is 0 Å². The Labute approximate surface area is 103 Å². The highest BCUT2D eigenvalue weighted by Gasteiger charge is 2.42. The summed E-state index contributed by atoms with van der Waals surface area (Å²) in [4.78, 5) is 0. The zero-order valence-electron chi connectivity index (χ0n) is 11.0. The van der Waals surface area contributed by atoms with E-state index in [1.54, 1.807) is 0 Å². The molecule has 1 aromatic heterocycles. The normalized spacial score (nSPS) is 32.4. The summed E-state index contributed by atoms with van der Waals surface area (Å²) in [5, 5.41) is 12.4. The van der Waals surface area contributed by atoms with Crippen LogP contribution in [-0.2, 0) is 0 Å². The molecular formula is C13H22N4. The van der Waals surface area contributed by atoms with Crippen molar-refractivity contribution >= 4 is 0 Å². The molecule has 0 amide bonds. The van der Waals surface area contributed by atoms with Crippen molar-refractivity contribution in [2.75, 3.05) is 6.54 Å². The van der Waals surface area contributed by atoms with E-state index in [0.29, 0.717) is 12.1 Å². The molecule has 3 unspecified atom stereocenters. The molecule has 0 bridgehead atoms. The van der Waals surface area contributed by atoms with Crippen LogP contribution in [0.2, 0.25) is 0 Å². The van der Waals surface area contributed by atoms with E-state index in [9.17, 15) is 0 Å². The van der Waals surface area contributed by atoms with Crippen LogP contribution in [0.4, 0.5) is 0 Å². The SMILES string of the molecule is Cc1nnc(C2NCC3CCCC32)n1C(C)C. The molecule has 0 radical (unpaired) electrons. The lowest BCUT2D eigenvalue weighted by molar-refractivity contribution is 0.386. The maximum atomic E-state index is 4.43. The van der Waals surface area contributed by atoms with Gasteiger partial charge in [-0.05, 0) is 52.0 Å². The zero-order valence-corrected chi connectivity index (χ0v) is 11.0. The number of aryl methyl sites for hydroxylation is 1. The molecule has 2 fully saturated rings. The summed E-state index contributed by atoms with van der Waals surface area (Å²) in [5.74, 6) is 3.86. The summed E-state index contributed by atoms with van der Waals surface area (Å²) in [5.41, 5.74) is 0. The molecule has 17 heavy (non-hydrogen) atoms. The van der Waals surface area contributed by atoms with E-state index in [0.717, 1.165) is 23.5 Å². The molecule has 2 heterocycles. The number of fused-ring (bicyclic) bond motifs is 1. The number of hydrogen-bond donors (Lipinski definition) is 1. The van der Waals surface area contributed by atoms with Gasteiger partial charge in [0.15, 0.2) is 5.82 Å². The minimum Gasteiger partial charge on any atom is -0.311 e. The zero-order chi connectivity index (χ0) is 12.0. The summed E-state index contributed by atoms with van der Waals surface area (Å²) in [6.07, 6.45) is 4.14. The lowest BCUT2D eigenvalue weighted by Crippen LogP contribution is -2.23. The van der Waals surface area contributed by atoms with Gasteiger partial charge < -0.3 is 9.88 Å². The third-order valence-corrected chi connectivity index (χ3v) is 4.43. The number of nitrogens with zero attached hydrogens (tertiary/aromatic N) is 3. The fourth-order valence-electron chi connectivity index (χ4n) is 3.71. The molecule has 4 heteroatoms. The number of hydrogen-bond acceptors (Lipinski definition) is 3. The van der Waals surface area contributed by atoms with Crippen molar-refractivity contribution in [2.45, 2.75) is 52.1 Å². The first-order valence-corrected chi connectivity index (χ1v) is 6.83. The largest absolute Gasteiger partial charge is 0.311 e. The molecule has 1 N–H and O–H groups in total. The molecule has 3 rings (SSSR count). The maximum absolute atomic E-state index is 4.43. The van der Waals surface area contributed by atoms with Gasteiger partial charge in [0, 0.05) is 6.04 Å². The van der Waals surface area contributed by atoms with Crippen molar-refractivity contribution in [3.63, 3.8) is 0 Å². The Morgan fingerprint density at radius 2 is 2.12 bits per heavy atom. The van der Waals surface area contributed by atoms with E-state index in [4.69, 9.17) is 0 Å². The van der Waals surface area contributed by atoms with E-state index in [-0.39, 0.29) is 0 Å². The van der Waals surface area contributed by atoms with Gasteiger partial charge >= 0.3 is 0 Å². The average molecular weight is 234 g/mol. The quantitative estimate of drug-likeness (QED) is 0.853. The van der Waals surface area contributed by atoms with Crippen LogP contribution in [0.1, 0.15) is 56.8 Å². The van der Waals surface area contributed by atoms with Crippen molar-refractivity contribution in [1.29, 1.82) is 0 Å². The maximum Gasteiger partial charge on any atom is 0.150 e. The van der Waals surface area contributed by atoms with Crippen LogP contribution in [0, 0.1) is 18.8 Å². The Kier molecular flexibility index (Phi) is 2.69. The Bertz CT molecular complexity index is 410. The third-order valence-electron chi connectivity index (χ3n) is 4.43. The minimum absolute atomic E-state index is 0.436. The molecular weight excluding hydrogens is 212 g/mol. The Morgan fingerprint density at radius 3 is 2.88 bits per heavy atom. The van der Waals surface area contributed by atoms with Gasteiger partial charge in [-0.2, -0.15) is 0 Å². The van der Waals surface area contributed by atoms with Crippen LogP contribution >= 0.6 is 0 Å². The lowest BCUT2D eigenvalue weighted by Gasteiger charge is -2.21. The average Bonchev–Trinajstić information content (AvgIpc) is 2.90. The molecule has 1 aliphatic carbocycles. The Morgan fingerprint density at radius 1 is 1.29 bits per heavy atom. The highest BCUT2D eigenvalue weighted by atomic mass is 15.3. The number of aromatic nitrogens is 3. The van der Waals surface area contributed by atoms with Gasteiger partial charge in [-0.3, -0.25) is 0 Å². The predicted molar refractivity (Wildman–Crippen MR) is 66.7 cm³/mol. The van der Waals surface area contributed by atoms with Crippen molar-refractivity contribution < 1.29 is 0 Å². The molecule has 2 aliphatic rings. The highest BCUT2D eigenvalue weighted by molar-refractivity contribution is 5.09. The van der Waals surface area contributed by atoms with Crippen molar-refractivity contribution in [3.05, 3.63) is 11.6 Å². The molecule has 1 saturated carbocycles. The third kappa shape index (κ3) is 1.69. The first-order valence-electron chi connectivity index (χ1n) is 6.83. The van der Waals surface area contributed by atoms with E-state index in [1.807, 2.05) is 0 Å². The monoisotopic (exact) mass is 234 g/mol. The predicted octanol–water partition coefficient (Wildman–Crippen LogP) is 2.23. The van der Waals surface area contributed by atoms with Crippen LogP contribution in [0.5, 0.6) is 0 Å². The molecule has 1 aliphatic heterocycles. The second-order valence-corrected chi connectivity index (χ2v) is 5.81. The van der Waals surface area contributed by atoms with Crippen LogP contribution in [0.3, 0.4) is 0 Å². The van der Waals surface area contributed by atoms with Crippen molar-refractivity contribution in [2.24, 2.45) is 11.8 Å². The van der Waals surface area contributed by atoms with Gasteiger partial charge in [0.25, 0.3) is 0 Å². The van der Waals surface area contributed by atoms with Crippen molar-refractivity contribution in [1.82, 2.24) is 20.1 Å². The topological polar surface area (TPSA) is 42.7 Å². The van der Waals surface area contributed by atoms with Gasteiger partial charge in [0.1, 0.15) is 5.82 Å². The molecule has 1 saturated heterocycles. The molecule has 94 valence electrons. The number of nitrogens with one attached hydrogen (secondary N) is 1. The van der Waals surface area contributed by atoms with Crippen LogP contribution < -0.4 is 5.32 Å². The van der Waals surface area contributed by atoms with E-state index < -0.39 is 0 Å². The van der Waals surface area contributed by atoms with Crippen LogP contribution in [0.15, 0.2) is 0 Å². The molecule has 1 aromatic rings. The molecule has 0 spiro atoms. The van der Waals surface area contributed by atoms with Gasteiger partial charge in [-0.1, -0.05) is 6.42 Å². The fourth-order valence-corrected chi connectivity index (χ4v) is 3.71. The molecule has 0 aromatic carbocycles. The summed E-state index contributed by atoms with van der Waals surface area (Å²) in [6.45, 7) is 7.64. The van der Waals surface area contributed by atoms with Gasteiger partial charge in [0.05, 0.1) is 6.04 Å². The van der Waals surface area contributed by atoms with E-state index >= 15 is 0 Å². The molecule has 3 atom stereocenters. The van der Waals surface area contributed by atoms with E-state index in [1.165, 1.54) is 25.8 Å². The van der Waals surface area contributed by atoms with E-state index in [2.05, 4.69) is 40.9 Å². The summed E-state index contributed by atoms with van der Waals surface area (Å²) < 4.78 is 2.29. The second kappa shape index (κ2) is 4.09. The Hall–Kier alpha value is -0.900. The Balaban J connectivity index is 1.94. The lowest BCUT2D eigenvalue weighted by atomic mass is 9.93. The highest BCUT2D eigenvalue weighted by Crippen LogP contribution is 2.44. The first kappa shape index (κ1) is 11.2.